The zero-order valence-corrected chi connectivity index (χ0v) is 17.3. The SMILES string of the molecule is CCCCCCCCC(=O)OC(CO)COC(=O)CCCCCCCC(=O)O. The highest BCUT2D eigenvalue weighted by atomic mass is 16.6. The Morgan fingerprint density at radius 2 is 1.25 bits per heavy atom. The van der Waals surface area contributed by atoms with Gasteiger partial charge in [0.15, 0.2) is 6.10 Å². The second-order valence-corrected chi connectivity index (χ2v) is 7.16. The number of hydrogen-bond acceptors (Lipinski definition) is 6. The van der Waals surface area contributed by atoms with E-state index in [0.29, 0.717) is 19.3 Å². The summed E-state index contributed by atoms with van der Waals surface area (Å²) in [5.41, 5.74) is 0. The van der Waals surface area contributed by atoms with E-state index < -0.39 is 12.1 Å². The summed E-state index contributed by atoms with van der Waals surface area (Å²) in [7, 11) is 0. The Morgan fingerprint density at radius 3 is 1.79 bits per heavy atom. The zero-order chi connectivity index (χ0) is 21.0. The van der Waals surface area contributed by atoms with Crippen molar-refractivity contribution in [2.24, 2.45) is 0 Å². The summed E-state index contributed by atoms with van der Waals surface area (Å²) in [6, 6.07) is 0. The number of carbonyl (C=O) groups excluding carboxylic acids is 2. The lowest BCUT2D eigenvalue weighted by molar-refractivity contribution is -0.161. The molecule has 0 rings (SSSR count). The first-order chi connectivity index (χ1) is 13.5. The van der Waals surface area contributed by atoms with Gasteiger partial charge >= 0.3 is 17.9 Å². The maximum Gasteiger partial charge on any atom is 0.306 e. The maximum atomic E-state index is 11.8. The third-order valence-corrected chi connectivity index (χ3v) is 4.44. The first kappa shape index (κ1) is 26.4. The molecule has 7 heteroatoms. The molecule has 0 aliphatic heterocycles. The molecule has 0 amide bonds. The highest BCUT2D eigenvalue weighted by Gasteiger charge is 2.16. The van der Waals surface area contributed by atoms with E-state index in [1.54, 1.807) is 0 Å². The minimum atomic E-state index is -0.812. The van der Waals surface area contributed by atoms with Crippen LogP contribution >= 0.6 is 0 Å². The molecule has 0 saturated carbocycles. The number of aliphatic hydroxyl groups excluding tert-OH is 1. The van der Waals surface area contributed by atoms with E-state index in [9.17, 15) is 19.5 Å². The van der Waals surface area contributed by atoms with Crippen LogP contribution in [0.2, 0.25) is 0 Å². The predicted octanol–water partition coefficient (Wildman–Crippen LogP) is 4.00. The van der Waals surface area contributed by atoms with Crippen molar-refractivity contribution in [2.45, 2.75) is 103 Å². The lowest BCUT2D eigenvalue weighted by Crippen LogP contribution is -2.28. The Hall–Kier alpha value is -1.63. The molecule has 0 saturated heterocycles. The molecule has 164 valence electrons. The van der Waals surface area contributed by atoms with Crippen LogP contribution in [0, 0.1) is 0 Å². The van der Waals surface area contributed by atoms with Crippen LogP contribution in [0.25, 0.3) is 0 Å². The van der Waals surface area contributed by atoms with E-state index >= 15 is 0 Å². The molecule has 28 heavy (non-hydrogen) atoms. The van der Waals surface area contributed by atoms with Gasteiger partial charge in [0.05, 0.1) is 6.61 Å². The molecule has 0 bridgehead atoms. The minimum absolute atomic E-state index is 0.129. The van der Waals surface area contributed by atoms with Crippen LogP contribution in [-0.4, -0.2) is 47.4 Å². The van der Waals surface area contributed by atoms with Gasteiger partial charge < -0.3 is 19.7 Å². The lowest BCUT2D eigenvalue weighted by atomic mass is 10.1. The van der Waals surface area contributed by atoms with E-state index in [4.69, 9.17) is 14.6 Å². The number of aliphatic carboxylic acids is 1. The van der Waals surface area contributed by atoms with Gasteiger partial charge in [0.2, 0.25) is 0 Å². The molecule has 7 nitrogen and oxygen atoms in total. The van der Waals surface area contributed by atoms with Crippen LogP contribution < -0.4 is 0 Å². The van der Waals surface area contributed by atoms with Crippen LogP contribution in [0.5, 0.6) is 0 Å². The Labute approximate surface area is 168 Å². The fourth-order valence-corrected chi connectivity index (χ4v) is 2.75. The van der Waals surface area contributed by atoms with Gasteiger partial charge in [-0.1, -0.05) is 58.3 Å². The average molecular weight is 403 g/mol. The Morgan fingerprint density at radius 1 is 0.750 bits per heavy atom. The van der Waals surface area contributed by atoms with Crippen molar-refractivity contribution in [1.29, 1.82) is 0 Å². The lowest BCUT2D eigenvalue weighted by Gasteiger charge is -2.15. The summed E-state index contributed by atoms with van der Waals surface area (Å²) in [6.07, 6.45) is 10.3. The Kier molecular flexibility index (Phi) is 17.6. The molecule has 0 aromatic heterocycles. The number of aliphatic hydroxyl groups is 1. The van der Waals surface area contributed by atoms with E-state index in [0.717, 1.165) is 38.5 Å². The van der Waals surface area contributed by atoms with Crippen molar-refractivity contribution in [3.05, 3.63) is 0 Å². The summed E-state index contributed by atoms with van der Waals surface area (Å²) in [5, 5.41) is 17.8. The molecular formula is C21H38O7. The molecule has 1 unspecified atom stereocenters. The second kappa shape index (κ2) is 18.7. The molecular weight excluding hydrogens is 364 g/mol. The van der Waals surface area contributed by atoms with Crippen molar-refractivity contribution in [3.63, 3.8) is 0 Å². The largest absolute Gasteiger partial charge is 0.481 e. The molecule has 2 N–H and O–H groups in total. The number of ether oxygens (including phenoxy) is 2. The quantitative estimate of drug-likeness (QED) is 0.248. The third kappa shape index (κ3) is 17.8. The number of esters is 2. The van der Waals surface area contributed by atoms with Gasteiger partial charge in [-0.25, -0.2) is 0 Å². The fourth-order valence-electron chi connectivity index (χ4n) is 2.75. The minimum Gasteiger partial charge on any atom is -0.481 e. The van der Waals surface area contributed by atoms with Gasteiger partial charge in [-0.15, -0.1) is 0 Å². The van der Waals surface area contributed by atoms with Gasteiger partial charge in [-0.05, 0) is 19.3 Å². The highest BCUT2D eigenvalue weighted by Crippen LogP contribution is 2.10. The van der Waals surface area contributed by atoms with Crippen molar-refractivity contribution < 1.29 is 34.1 Å². The van der Waals surface area contributed by atoms with Gasteiger partial charge in [-0.2, -0.15) is 0 Å². The molecule has 0 spiro atoms. The first-order valence-corrected chi connectivity index (χ1v) is 10.7. The van der Waals surface area contributed by atoms with E-state index in [2.05, 4.69) is 6.92 Å². The monoisotopic (exact) mass is 402 g/mol. The number of carboxylic acid groups (broad SMARTS) is 1. The smallest absolute Gasteiger partial charge is 0.306 e. The standard InChI is InChI=1S/C21H38O7/c1-2-3-4-5-8-12-15-21(26)28-18(16-22)17-27-20(25)14-11-9-6-7-10-13-19(23)24/h18,22H,2-17H2,1H3,(H,23,24). The molecule has 0 aliphatic carbocycles. The fraction of sp³-hybridized carbons (Fsp3) is 0.857. The Bertz CT molecular complexity index is 423. The summed E-state index contributed by atoms with van der Waals surface area (Å²) >= 11 is 0. The van der Waals surface area contributed by atoms with Crippen LogP contribution in [0.15, 0.2) is 0 Å². The van der Waals surface area contributed by atoms with E-state index in [1.165, 1.54) is 19.3 Å². The third-order valence-electron chi connectivity index (χ3n) is 4.44. The molecule has 0 aromatic carbocycles. The summed E-state index contributed by atoms with van der Waals surface area (Å²) in [6.45, 7) is 1.65. The van der Waals surface area contributed by atoms with Gasteiger partial charge in [-0.3, -0.25) is 14.4 Å². The number of hydrogen-bond donors (Lipinski definition) is 2. The predicted molar refractivity (Wildman–Crippen MR) is 106 cm³/mol. The summed E-state index contributed by atoms with van der Waals surface area (Å²) in [4.78, 5) is 33.9. The van der Waals surface area contributed by atoms with E-state index in [-0.39, 0.29) is 38.0 Å². The Balaban J connectivity index is 3.69. The molecule has 0 heterocycles. The molecule has 0 aliphatic rings. The van der Waals surface area contributed by atoms with Gasteiger partial charge in [0.25, 0.3) is 0 Å². The topological polar surface area (TPSA) is 110 Å². The van der Waals surface area contributed by atoms with Gasteiger partial charge in [0, 0.05) is 19.3 Å². The summed E-state index contributed by atoms with van der Waals surface area (Å²) < 4.78 is 10.2. The molecule has 0 aromatic rings. The number of carbonyl (C=O) groups is 3. The van der Waals surface area contributed by atoms with Crippen molar-refractivity contribution in [2.75, 3.05) is 13.2 Å². The first-order valence-electron chi connectivity index (χ1n) is 10.7. The highest BCUT2D eigenvalue weighted by molar-refractivity contribution is 5.70. The van der Waals surface area contributed by atoms with Crippen LogP contribution in [0.4, 0.5) is 0 Å². The van der Waals surface area contributed by atoms with Crippen molar-refractivity contribution in [3.8, 4) is 0 Å². The van der Waals surface area contributed by atoms with Crippen molar-refractivity contribution in [1.82, 2.24) is 0 Å². The molecule has 1 atom stereocenters. The van der Waals surface area contributed by atoms with Crippen LogP contribution in [0.1, 0.15) is 96.8 Å². The van der Waals surface area contributed by atoms with E-state index in [1.807, 2.05) is 0 Å². The maximum absolute atomic E-state index is 11.8. The molecule has 0 radical (unpaired) electrons. The van der Waals surface area contributed by atoms with Crippen molar-refractivity contribution >= 4 is 17.9 Å². The molecule has 0 fully saturated rings. The van der Waals surface area contributed by atoms with Gasteiger partial charge in [0.1, 0.15) is 6.61 Å². The summed E-state index contributed by atoms with van der Waals surface area (Å²) in [5.74, 6) is -1.53. The second-order valence-electron chi connectivity index (χ2n) is 7.16. The normalized spacial score (nSPS) is 11.8. The number of carboxylic acids is 1. The van der Waals surface area contributed by atoms with Crippen LogP contribution in [0.3, 0.4) is 0 Å². The number of unbranched alkanes of at least 4 members (excludes halogenated alkanes) is 9. The zero-order valence-electron chi connectivity index (χ0n) is 17.3. The average Bonchev–Trinajstić information content (AvgIpc) is 2.66. The number of rotatable bonds is 19. The van der Waals surface area contributed by atoms with Crippen LogP contribution in [-0.2, 0) is 23.9 Å².